The van der Waals surface area contributed by atoms with Crippen molar-refractivity contribution in [2.45, 2.75) is 24.7 Å². The van der Waals surface area contributed by atoms with E-state index in [9.17, 15) is 4.39 Å². The van der Waals surface area contributed by atoms with Gasteiger partial charge in [-0.15, -0.1) is 0 Å². The number of halogens is 1. The van der Waals surface area contributed by atoms with Gasteiger partial charge in [-0.3, -0.25) is 4.99 Å². The van der Waals surface area contributed by atoms with Crippen molar-refractivity contribution in [3.05, 3.63) is 59.4 Å². The lowest BCUT2D eigenvalue weighted by atomic mass is 9.74. The summed E-state index contributed by atoms with van der Waals surface area (Å²) in [7, 11) is 7.11. The molecular weight excluding hydrogens is 409 g/mol. The van der Waals surface area contributed by atoms with Crippen molar-refractivity contribution in [2.24, 2.45) is 4.99 Å². The Morgan fingerprint density at radius 2 is 1.78 bits per heavy atom. The van der Waals surface area contributed by atoms with Gasteiger partial charge >= 0.3 is 0 Å². The second-order valence-corrected chi connectivity index (χ2v) is 8.16. The van der Waals surface area contributed by atoms with E-state index in [0.29, 0.717) is 13.2 Å². The van der Waals surface area contributed by atoms with Crippen LogP contribution < -0.4 is 14.8 Å². The summed E-state index contributed by atoms with van der Waals surface area (Å²) in [4.78, 5) is 6.60. The van der Waals surface area contributed by atoms with Crippen LogP contribution in [0.5, 0.6) is 11.5 Å². The third-order valence-corrected chi connectivity index (χ3v) is 6.25. The lowest BCUT2D eigenvalue weighted by Crippen LogP contribution is -2.48. The standard InChI is InChI=1S/C25H34FN3O3/c1-27-24(29(2)14-11-19-5-10-22(30-3)23(17-19)31-4)28-18-25(12-15-32-16-13-25)20-6-8-21(26)9-7-20/h5-10,17H,11-16,18H2,1-4H3,(H,27,28). The zero-order valence-electron chi connectivity index (χ0n) is 19.5. The number of rotatable bonds is 8. The Labute approximate surface area is 190 Å². The van der Waals surface area contributed by atoms with Gasteiger partial charge in [0.2, 0.25) is 0 Å². The highest BCUT2D eigenvalue weighted by atomic mass is 19.1. The van der Waals surface area contributed by atoms with Gasteiger partial charge in [0, 0.05) is 45.8 Å². The van der Waals surface area contributed by atoms with Crippen LogP contribution in [0.25, 0.3) is 0 Å². The Bertz CT molecular complexity index is 896. The molecule has 0 bridgehead atoms. The molecule has 1 heterocycles. The molecule has 0 aromatic heterocycles. The largest absolute Gasteiger partial charge is 0.493 e. The molecule has 1 aliphatic rings. The van der Waals surface area contributed by atoms with Crippen LogP contribution in [0.15, 0.2) is 47.5 Å². The lowest BCUT2D eigenvalue weighted by molar-refractivity contribution is 0.0512. The Morgan fingerprint density at radius 3 is 2.41 bits per heavy atom. The maximum atomic E-state index is 13.5. The van der Waals surface area contributed by atoms with Gasteiger partial charge in [-0.1, -0.05) is 18.2 Å². The molecule has 1 aliphatic heterocycles. The number of likely N-dealkylation sites (N-methyl/N-ethyl adjacent to an activating group) is 1. The summed E-state index contributed by atoms with van der Waals surface area (Å²) < 4.78 is 29.8. The van der Waals surface area contributed by atoms with E-state index in [4.69, 9.17) is 14.2 Å². The van der Waals surface area contributed by atoms with E-state index in [-0.39, 0.29) is 11.2 Å². The van der Waals surface area contributed by atoms with E-state index < -0.39 is 0 Å². The van der Waals surface area contributed by atoms with Crippen molar-refractivity contribution in [3.8, 4) is 11.5 Å². The maximum Gasteiger partial charge on any atom is 0.193 e. The fraction of sp³-hybridized carbons (Fsp3) is 0.480. The number of nitrogens with zero attached hydrogens (tertiary/aromatic N) is 2. The SMILES string of the molecule is CN=C(NCC1(c2ccc(F)cc2)CCOCC1)N(C)CCc1ccc(OC)c(OC)c1. The van der Waals surface area contributed by atoms with E-state index in [1.807, 2.05) is 31.3 Å². The Hall–Kier alpha value is -2.80. The first-order valence-corrected chi connectivity index (χ1v) is 11.0. The first-order valence-electron chi connectivity index (χ1n) is 11.0. The van der Waals surface area contributed by atoms with E-state index in [1.54, 1.807) is 21.3 Å². The summed E-state index contributed by atoms with van der Waals surface area (Å²) >= 11 is 0. The molecule has 1 fully saturated rings. The highest BCUT2D eigenvalue weighted by Crippen LogP contribution is 2.34. The van der Waals surface area contributed by atoms with Gasteiger partial charge in [0.05, 0.1) is 14.2 Å². The molecule has 2 aromatic rings. The number of methoxy groups -OCH3 is 2. The van der Waals surface area contributed by atoms with Crippen molar-refractivity contribution < 1.29 is 18.6 Å². The average Bonchev–Trinajstić information content (AvgIpc) is 2.83. The molecule has 0 unspecified atom stereocenters. The lowest BCUT2D eigenvalue weighted by Gasteiger charge is -2.39. The molecule has 0 aliphatic carbocycles. The molecule has 2 aromatic carbocycles. The molecule has 1 N–H and O–H groups in total. The van der Waals surface area contributed by atoms with Crippen molar-refractivity contribution in [1.82, 2.24) is 10.2 Å². The zero-order valence-corrected chi connectivity index (χ0v) is 19.5. The number of guanidine groups is 1. The first-order chi connectivity index (χ1) is 15.5. The number of ether oxygens (including phenoxy) is 3. The molecule has 7 heteroatoms. The zero-order chi connectivity index (χ0) is 23.0. The van der Waals surface area contributed by atoms with E-state index in [0.717, 1.165) is 60.9 Å². The fourth-order valence-electron chi connectivity index (χ4n) is 4.20. The van der Waals surface area contributed by atoms with Crippen LogP contribution in [0.3, 0.4) is 0 Å². The molecular formula is C25H34FN3O3. The Morgan fingerprint density at radius 1 is 1.09 bits per heavy atom. The van der Waals surface area contributed by atoms with Gasteiger partial charge in [-0.2, -0.15) is 0 Å². The van der Waals surface area contributed by atoms with Crippen molar-refractivity contribution in [2.75, 3.05) is 54.6 Å². The maximum absolute atomic E-state index is 13.5. The summed E-state index contributed by atoms with van der Waals surface area (Å²) in [5.74, 6) is 2.08. The van der Waals surface area contributed by atoms with Gasteiger partial charge in [0.25, 0.3) is 0 Å². The van der Waals surface area contributed by atoms with Crippen molar-refractivity contribution in [3.63, 3.8) is 0 Å². The fourth-order valence-corrected chi connectivity index (χ4v) is 4.20. The summed E-state index contributed by atoms with van der Waals surface area (Å²) in [6.45, 7) is 2.91. The minimum absolute atomic E-state index is 0.105. The molecule has 0 atom stereocenters. The van der Waals surface area contributed by atoms with Gasteiger partial charge < -0.3 is 24.4 Å². The monoisotopic (exact) mass is 443 g/mol. The van der Waals surface area contributed by atoms with Crippen molar-refractivity contribution >= 4 is 5.96 Å². The van der Waals surface area contributed by atoms with Crippen LogP contribution >= 0.6 is 0 Å². The summed E-state index contributed by atoms with van der Waals surface area (Å²) in [5, 5.41) is 3.55. The quantitative estimate of drug-likeness (QED) is 0.499. The van der Waals surface area contributed by atoms with Crippen LogP contribution in [0.4, 0.5) is 4.39 Å². The average molecular weight is 444 g/mol. The molecule has 32 heavy (non-hydrogen) atoms. The van der Waals surface area contributed by atoms with Crippen LogP contribution in [0.2, 0.25) is 0 Å². The van der Waals surface area contributed by atoms with Crippen LogP contribution in [0.1, 0.15) is 24.0 Å². The molecule has 3 rings (SSSR count). The van der Waals surface area contributed by atoms with Gasteiger partial charge in [-0.05, 0) is 54.7 Å². The second kappa shape index (κ2) is 11.2. The highest BCUT2D eigenvalue weighted by molar-refractivity contribution is 5.79. The highest BCUT2D eigenvalue weighted by Gasteiger charge is 2.34. The predicted octanol–water partition coefficient (Wildman–Crippen LogP) is 3.64. The van der Waals surface area contributed by atoms with E-state index in [1.165, 1.54) is 12.1 Å². The van der Waals surface area contributed by atoms with E-state index in [2.05, 4.69) is 21.3 Å². The third-order valence-electron chi connectivity index (χ3n) is 6.25. The van der Waals surface area contributed by atoms with Crippen LogP contribution in [-0.2, 0) is 16.6 Å². The minimum atomic E-state index is -0.213. The van der Waals surface area contributed by atoms with E-state index >= 15 is 0 Å². The van der Waals surface area contributed by atoms with Gasteiger partial charge in [0.1, 0.15) is 5.82 Å². The summed E-state index contributed by atoms with van der Waals surface area (Å²) in [6.07, 6.45) is 2.62. The molecule has 0 amide bonds. The summed E-state index contributed by atoms with van der Waals surface area (Å²) in [5.41, 5.74) is 2.20. The number of hydrogen-bond acceptors (Lipinski definition) is 4. The number of benzene rings is 2. The van der Waals surface area contributed by atoms with Crippen LogP contribution in [0, 0.1) is 5.82 Å². The Kier molecular flexibility index (Phi) is 8.33. The van der Waals surface area contributed by atoms with Gasteiger partial charge in [-0.25, -0.2) is 4.39 Å². The molecule has 0 spiro atoms. The smallest absolute Gasteiger partial charge is 0.193 e. The second-order valence-electron chi connectivity index (χ2n) is 8.16. The topological polar surface area (TPSA) is 55.3 Å². The van der Waals surface area contributed by atoms with Crippen molar-refractivity contribution in [1.29, 1.82) is 0 Å². The predicted molar refractivity (Wildman–Crippen MR) is 125 cm³/mol. The molecule has 1 saturated heterocycles. The number of nitrogens with one attached hydrogen (secondary N) is 1. The molecule has 0 saturated carbocycles. The van der Waals surface area contributed by atoms with Crippen LogP contribution in [-0.4, -0.2) is 65.5 Å². The molecule has 174 valence electrons. The molecule has 6 nitrogen and oxygen atoms in total. The Balaban J connectivity index is 1.64. The third kappa shape index (κ3) is 5.71. The first kappa shape index (κ1) is 23.9. The summed E-state index contributed by atoms with van der Waals surface area (Å²) in [6, 6.07) is 12.9. The number of hydrogen-bond donors (Lipinski definition) is 1. The number of aliphatic imine (C=N–C) groups is 1. The molecule has 0 radical (unpaired) electrons. The normalized spacial score (nSPS) is 15.8. The minimum Gasteiger partial charge on any atom is -0.493 e. The van der Waals surface area contributed by atoms with Gasteiger partial charge in [0.15, 0.2) is 17.5 Å².